The van der Waals surface area contributed by atoms with Crippen molar-refractivity contribution in [2.24, 2.45) is 0 Å². The summed E-state index contributed by atoms with van der Waals surface area (Å²) in [5, 5.41) is 0. The van der Waals surface area contributed by atoms with E-state index in [1.165, 1.54) is 18.5 Å². The molecule has 2 atom stereocenters. The van der Waals surface area contributed by atoms with Gasteiger partial charge in [0.15, 0.2) is 11.6 Å². The summed E-state index contributed by atoms with van der Waals surface area (Å²) >= 11 is 0. The van der Waals surface area contributed by atoms with E-state index in [1.54, 1.807) is 0 Å². The topological polar surface area (TPSA) is 47.5 Å². The molecule has 2 aliphatic rings. The Hall–Kier alpha value is -3.20. The van der Waals surface area contributed by atoms with E-state index in [4.69, 9.17) is 9.47 Å². The van der Waals surface area contributed by atoms with Crippen molar-refractivity contribution < 1.29 is 27.0 Å². The molecule has 5 nitrogen and oxygen atoms in total. The highest BCUT2D eigenvalue weighted by Gasteiger charge is 2.33. The van der Waals surface area contributed by atoms with Gasteiger partial charge in [-0.2, -0.15) is 13.2 Å². The summed E-state index contributed by atoms with van der Waals surface area (Å²) in [5.74, 6) is 0.501. The summed E-state index contributed by atoms with van der Waals surface area (Å²) in [4.78, 5) is 10.2. The molecule has 0 saturated carbocycles. The second-order valence-electron chi connectivity index (χ2n) is 9.52. The zero-order chi connectivity index (χ0) is 25.8. The van der Waals surface area contributed by atoms with Crippen LogP contribution in [0.3, 0.4) is 0 Å². The van der Waals surface area contributed by atoms with Crippen LogP contribution in [-0.2, 0) is 23.8 Å². The van der Waals surface area contributed by atoms with Gasteiger partial charge in [0.05, 0.1) is 23.4 Å². The molecule has 2 aromatic carbocycles. The van der Waals surface area contributed by atoms with Crippen LogP contribution in [0.4, 0.5) is 23.4 Å². The fraction of sp³-hybridized carbons (Fsp3) is 0.429. The molecule has 9 heteroatoms. The predicted molar refractivity (Wildman–Crippen MR) is 131 cm³/mol. The van der Waals surface area contributed by atoms with Crippen molar-refractivity contribution in [3.8, 4) is 5.75 Å². The molecule has 0 radical (unpaired) electrons. The van der Waals surface area contributed by atoms with Crippen molar-refractivity contribution in [1.29, 1.82) is 0 Å². The number of nitrogens with zero attached hydrogens (tertiary/aromatic N) is 3. The average molecular weight is 516 g/mol. The number of hydrogen-bond acceptors (Lipinski definition) is 5. The zero-order valence-electron chi connectivity index (χ0n) is 20.4. The number of alkyl halides is 3. The van der Waals surface area contributed by atoms with E-state index >= 15 is 4.39 Å². The molecule has 2 fully saturated rings. The molecule has 196 valence electrons. The summed E-state index contributed by atoms with van der Waals surface area (Å²) in [5.41, 5.74) is 1.38. The lowest BCUT2D eigenvalue weighted by atomic mass is 10.0. The number of rotatable bonds is 8. The first kappa shape index (κ1) is 25.4. The van der Waals surface area contributed by atoms with Gasteiger partial charge in [-0.1, -0.05) is 24.3 Å². The SMILES string of the molecule is Fc1c(CCc2ccc(OCC3CCCO3)cc2)ncnc1N1CCCC1c1ccc(C(F)(F)F)cc1. The van der Waals surface area contributed by atoms with Gasteiger partial charge in [0.25, 0.3) is 0 Å². The van der Waals surface area contributed by atoms with Crippen molar-refractivity contribution in [2.75, 3.05) is 24.7 Å². The molecule has 0 bridgehead atoms. The Kier molecular flexibility index (Phi) is 7.60. The molecule has 2 saturated heterocycles. The number of aromatic nitrogens is 2. The van der Waals surface area contributed by atoms with Crippen LogP contribution in [0, 0.1) is 5.82 Å². The molecule has 0 aliphatic carbocycles. The van der Waals surface area contributed by atoms with Crippen molar-refractivity contribution in [2.45, 2.75) is 56.8 Å². The first-order chi connectivity index (χ1) is 17.9. The quantitative estimate of drug-likeness (QED) is 0.329. The zero-order valence-corrected chi connectivity index (χ0v) is 20.4. The van der Waals surface area contributed by atoms with Gasteiger partial charge in [0, 0.05) is 13.2 Å². The normalized spacial score (nSPS) is 19.9. The minimum absolute atomic E-state index is 0.157. The maximum Gasteiger partial charge on any atom is 0.416 e. The summed E-state index contributed by atoms with van der Waals surface area (Å²) in [7, 11) is 0. The molecular weight excluding hydrogens is 486 g/mol. The fourth-order valence-electron chi connectivity index (χ4n) is 5.01. The number of halogens is 4. The first-order valence-electron chi connectivity index (χ1n) is 12.6. The summed E-state index contributed by atoms with van der Waals surface area (Å²) in [6, 6.07) is 12.6. The van der Waals surface area contributed by atoms with E-state index in [0.717, 1.165) is 49.3 Å². The van der Waals surface area contributed by atoms with Gasteiger partial charge in [0.2, 0.25) is 0 Å². The molecular formula is C28H29F4N3O2. The van der Waals surface area contributed by atoms with Gasteiger partial charge in [-0.3, -0.25) is 0 Å². The van der Waals surface area contributed by atoms with E-state index in [0.29, 0.717) is 43.7 Å². The molecule has 2 unspecified atom stereocenters. The highest BCUT2D eigenvalue weighted by molar-refractivity contribution is 5.46. The molecule has 37 heavy (non-hydrogen) atoms. The summed E-state index contributed by atoms with van der Waals surface area (Å²) in [6.45, 7) is 1.91. The Labute approximate surface area is 213 Å². The van der Waals surface area contributed by atoms with Gasteiger partial charge in [0.1, 0.15) is 18.7 Å². The molecule has 1 aromatic heterocycles. The van der Waals surface area contributed by atoms with Crippen LogP contribution in [-0.4, -0.2) is 35.8 Å². The van der Waals surface area contributed by atoms with Crippen LogP contribution < -0.4 is 9.64 Å². The number of aryl methyl sites for hydroxylation is 2. The van der Waals surface area contributed by atoms with Crippen LogP contribution in [0.25, 0.3) is 0 Å². The predicted octanol–water partition coefficient (Wildman–Crippen LogP) is 6.32. The standard InChI is InChI=1S/C28H29F4N3O2/c29-26-24(14-7-19-5-12-22(13-6-19)37-17-23-3-2-16-36-23)33-18-34-27(26)35-15-1-4-25(35)20-8-10-21(11-9-20)28(30,31)32/h5-6,8-13,18,23,25H,1-4,7,14-17H2. The third-order valence-corrected chi connectivity index (χ3v) is 7.02. The van der Waals surface area contributed by atoms with Crippen molar-refractivity contribution in [1.82, 2.24) is 9.97 Å². The Morgan fingerprint density at radius 3 is 2.43 bits per heavy atom. The van der Waals surface area contributed by atoms with E-state index in [-0.39, 0.29) is 18.0 Å². The van der Waals surface area contributed by atoms with Gasteiger partial charge in [-0.25, -0.2) is 14.4 Å². The van der Waals surface area contributed by atoms with Crippen LogP contribution in [0.5, 0.6) is 5.75 Å². The minimum atomic E-state index is -4.39. The van der Waals surface area contributed by atoms with E-state index in [9.17, 15) is 13.2 Å². The van der Waals surface area contributed by atoms with Gasteiger partial charge < -0.3 is 14.4 Å². The Morgan fingerprint density at radius 1 is 0.946 bits per heavy atom. The molecule has 0 N–H and O–H groups in total. The molecule has 0 spiro atoms. The third-order valence-electron chi connectivity index (χ3n) is 7.02. The summed E-state index contributed by atoms with van der Waals surface area (Å²) < 4.78 is 65.7. The molecule has 5 rings (SSSR count). The van der Waals surface area contributed by atoms with E-state index in [1.807, 2.05) is 29.2 Å². The van der Waals surface area contributed by atoms with E-state index < -0.39 is 17.6 Å². The lowest BCUT2D eigenvalue weighted by Crippen LogP contribution is -2.25. The minimum Gasteiger partial charge on any atom is -0.491 e. The Morgan fingerprint density at radius 2 is 1.73 bits per heavy atom. The van der Waals surface area contributed by atoms with Crippen molar-refractivity contribution in [3.63, 3.8) is 0 Å². The monoisotopic (exact) mass is 515 g/mol. The highest BCUT2D eigenvalue weighted by atomic mass is 19.4. The largest absolute Gasteiger partial charge is 0.491 e. The second-order valence-corrected chi connectivity index (χ2v) is 9.52. The summed E-state index contributed by atoms with van der Waals surface area (Å²) in [6.07, 6.45) is 1.73. The smallest absolute Gasteiger partial charge is 0.416 e. The molecule has 2 aliphatic heterocycles. The van der Waals surface area contributed by atoms with Crippen LogP contribution in [0.2, 0.25) is 0 Å². The fourth-order valence-corrected chi connectivity index (χ4v) is 5.01. The van der Waals surface area contributed by atoms with Gasteiger partial charge in [-0.15, -0.1) is 0 Å². The third kappa shape index (κ3) is 6.04. The highest BCUT2D eigenvalue weighted by Crippen LogP contribution is 2.38. The maximum absolute atomic E-state index is 15.5. The number of anilines is 1. The van der Waals surface area contributed by atoms with Crippen molar-refractivity contribution in [3.05, 3.63) is 83.1 Å². The Balaban J connectivity index is 1.23. The maximum atomic E-state index is 15.5. The molecule has 0 amide bonds. The molecule has 3 heterocycles. The van der Waals surface area contributed by atoms with Crippen molar-refractivity contribution >= 4 is 5.82 Å². The number of hydrogen-bond donors (Lipinski definition) is 0. The van der Waals surface area contributed by atoms with Crippen LogP contribution in [0.1, 0.15) is 54.1 Å². The number of ether oxygens (including phenoxy) is 2. The van der Waals surface area contributed by atoms with Crippen LogP contribution >= 0.6 is 0 Å². The number of benzene rings is 2. The van der Waals surface area contributed by atoms with E-state index in [2.05, 4.69) is 9.97 Å². The second kappa shape index (κ2) is 11.0. The average Bonchev–Trinajstić information content (AvgIpc) is 3.60. The lowest BCUT2D eigenvalue weighted by molar-refractivity contribution is -0.137. The van der Waals surface area contributed by atoms with Crippen LogP contribution in [0.15, 0.2) is 54.9 Å². The van der Waals surface area contributed by atoms with Gasteiger partial charge in [-0.05, 0) is 73.9 Å². The lowest BCUT2D eigenvalue weighted by Gasteiger charge is -2.27. The molecule has 3 aromatic rings. The first-order valence-corrected chi connectivity index (χ1v) is 12.6. The Bertz CT molecular complexity index is 1180. The van der Waals surface area contributed by atoms with Gasteiger partial charge >= 0.3 is 6.18 Å².